The van der Waals surface area contributed by atoms with Gasteiger partial charge in [-0.25, -0.2) is 0 Å². The van der Waals surface area contributed by atoms with Crippen LogP contribution >= 0.6 is 0 Å². The van der Waals surface area contributed by atoms with E-state index in [2.05, 4.69) is 15.5 Å². The van der Waals surface area contributed by atoms with Gasteiger partial charge in [0.2, 0.25) is 0 Å². The number of ether oxygens (including phenoxy) is 1. The molecular formula is C24H19N3NaO6S. The SMILES string of the molecule is COc1ccccc1NC(=O)c1cc2ccccc2c(N=Nc2ccc(S(=O)(=O)O)cc2)c1O.[Na]. The summed E-state index contributed by atoms with van der Waals surface area (Å²) in [6, 6.07) is 20.5. The van der Waals surface area contributed by atoms with Crippen LogP contribution in [0.5, 0.6) is 11.5 Å². The van der Waals surface area contributed by atoms with Crippen LogP contribution in [-0.4, -0.2) is 60.7 Å². The van der Waals surface area contributed by atoms with Crippen LogP contribution in [0.25, 0.3) is 10.8 Å². The van der Waals surface area contributed by atoms with Crippen LogP contribution in [-0.2, 0) is 10.1 Å². The molecule has 0 aliphatic heterocycles. The van der Waals surface area contributed by atoms with Crippen LogP contribution in [0.3, 0.4) is 0 Å². The van der Waals surface area contributed by atoms with Gasteiger partial charge in [0.05, 0.1) is 28.9 Å². The van der Waals surface area contributed by atoms with Gasteiger partial charge in [-0.15, -0.1) is 5.11 Å². The van der Waals surface area contributed by atoms with Crippen molar-refractivity contribution in [2.24, 2.45) is 10.2 Å². The van der Waals surface area contributed by atoms with E-state index in [1.807, 2.05) is 0 Å². The van der Waals surface area contributed by atoms with Crippen molar-refractivity contribution in [1.29, 1.82) is 0 Å². The number of amides is 1. The molecule has 0 saturated heterocycles. The zero-order valence-corrected chi connectivity index (χ0v) is 21.7. The summed E-state index contributed by atoms with van der Waals surface area (Å²) in [5, 5.41) is 23.1. The molecule has 11 heteroatoms. The van der Waals surface area contributed by atoms with E-state index < -0.39 is 16.0 Å². The second-order valence-corrected chi connectivity index (χ2v) is 8.59. The van der Waals surface area contributed by atoms with Crippen LogP contribution in [0.4, 0.5) is 17.1 Å². The molecule has 4 aromatic rings. The van der Waals surface area contributed by atoms with Crippen molar-refractivity contribution in [1.82, 2.24) is 0 Å². The van der Waals surface area contributed by atoms with E-state index in [1.165, 1.54) is 31.4 Å². The monoisotopic (exact) mass is 500 g/mol. The largest absolute Gasteiger partial charge is 0.505 e. The van der Waals surface area contributed by atoms with Crippen LogP contribution in [0, 0.1) is 0 Å². The first-order valence-corrected chi connectivity index (χ1v) is 11.4. The summed E-state index contributed by atoms with van der Waals surface area (Å²) in [5.41, 5.74) is 0.770. The van der Waals surface area contributed by atoms with Gasteiger partial charge in [0, 0.05) is 34.9 Å². The van der Waals surface area contributed by atoms with Crippen molar-refractivity contribution in [3.05, 3.63) is 84.4 Å². The van der Waals surface area contributed by atoms with E-state index in [0.717, 1.165) is 0 Å². The first kappa shape index (κ1) is 26.3. The molecular weight excluding hydrogens is 481 g/mol. The molecule has 35 heavy (non-hydrogen) atoms. The predicted molar refractivity (Wildman–Crippen MR) is 133 cm³/mol. The Kier molecular flexibility index (Phi) is 8.26. The summed E-state index contributed by atoms with van der Waals surface area (Å²) in [4.78, 5) is 12.7. The number of hydrogen-bond acceptors (Lipinski definition) is 7. The Labute approximate surface area is 223 Å². The average molecular weight is 500 g/mol. The van der Waals surface area contributed by atoms with Gasteiger partial charge in [-0.2, -0.15) is 13.5 Å². The number of carbonyl (C=O) groups is 1. The van der Waals surface area contributed by atoms with Crippen LogP contribution in [0.2, 0.25) is 0 Å². The molecule has 4 aromatic carbocycles. The van der Waals surface area contributed by atoms with Gasteiger partial charge in [0.15, 0.2) is 5.75 Å². The fourth-order valence-corrected chi connectivity index (χ4v) is 3.80. The smallest absolute Gasteiger partial charge is 0.294 e. The van der Waals surface area contributed by atoms with Crippen molar-refractivity contribution in [2.45, 2.75) is 4.90 Å². The number of methoxy groups -OCH3 is 1. The quantitative estimate of drug-likeness (QED) is 0.192. The maximum absolute atomic E-state index is 13.0. The van der Waals surface area contributed by atoms with E-state index in [4.69, 9.17) is 9.29 Å². The van der Waals surface area contributed by atoms with Crippen LogP contribution in [0.15, 0.2) is 94.0 Å². The van der Waals surface area contributed by atoms with Crippen molar-refractivity contribution in [2.75, 3.05) is 12.4 Å². The number of anilines is 1. The molecule has 0 aliphatic carbocycles. The molecule has 9 nitrogen and oxygen atoms in total. The zero-order chi connectivity index (χ0) is 24.3. The van der Waals surface area contributed by atoms with E-state index >= 15 is 0 Å². The molecule has 1 radical (unpaired) electrons. The number of rotatable bonds is 6. The van der Waals surface area contributed by atoms with E-state index in [0.29, 0.717) is 22.2 Å². The molecule has 0 atom stereocenters. The molecule has 0 unspecified atom stereocenters. The predicted octanol–water partition coefficient (Wildman–Crippen LogP) is 5.09. The second kappa shape index (κ2) is 11.0. The Morgan fingerprint density at radius 3 is 2.29 bits per heavy atom. The van der Waals surface area contributed by atoms with Gasteiger partial charge in [-0.05, 0) is 47.9 Å². The number of carbonyl (C=O) groups excluding carboxylic acids is 1. The van der Waals surface area contributed by atoms with Gasteiger partial charge in [-0.1, -0.05) is 36.4 Å². The number of azo groups is 1. The van der Waals surface area contributed by atoms with Crippen molar-refractivity contribution < 1.29 is 27.6 Å². The summed E-state index contributed by atoms with van der Waals surface area (Å²) < 4.78 is 36.8. The molecule has 0 bridgehead atoms. The molecule has 0 heterocycles. The fourth-order valence-electron chi connectivity index (χ4n) is 3.32. The van der Waals surface area contributed by atoms with Gasteiger partial charge in [-0.3, -0.25) is 9.35 Å². The van der Waals surface area contributed by atoms with Crippen LogP contribution < -0.4 is 10.1 Å². The van der Waals surface area contributed by atoms with Gasteiger partial charge < -0.3 is 15.2 Å². The zero-order valence-electron chi connectivity index (χ0n) is 18.8. The Morgan fingerprint density at radius 1 is 0.943 bits per heavy atom. The maximum Gasteiger partial charge on any atom is 0.294 e. The average Bonchev–Trinajstić information content (AvgIpc) is 2.83. The van der Waals surface area contributed by atoms with Crippen LogP contribution in [0.1, 0.15) is 10.4 Å². The minimum absolute atomic E-state index is 0. The van der Waals surface area contributed by atoms with Crippen molar-refractivity contribution in [3.63, 3.8) is 0 Å². The third-order valence-electron chi connectivity index (χ3n) is 5.00. The van der Waals surface area contributed by atoms with E-state index in [-0.39, 0.29) is 57.1 Å². The molecule has 0 aromatic heterocycles. The summed E-state index contributed by atoms with van der Waals surface area (Å²) in [6.45, 7) is 0. The maximum atomic E-state index is 13.0. The topological polar surface area (TPSA) is 138 Å². The minimum Gasteiger partial charge on any atom is -0.505 e. The van der Waals surface area contributed by atoms with Gasteiger partial charge in [0.1, 0.15) is 11.4 Å². The van der Waals surface area contributed by atoms with E-state index in [9.17, 15) is 18.3 Å². The Hall–Kier alpha value is -3.28. The number of benzene rings is 4. The number of nitrogens with zero attached hydrogens (tertiary/aromatic N) is 2. The molecule has 1 amide bonds. The standard InChI is InChI=1S/C24H19N3O6S.Na/c1-33-21-9-5-4-8-20(21)25-24(29)19-14-15-6-2-3-7-18(15)22(23(19)28)27-26-16-10-12-17(13-11-16)34(30,31)32;/h2-14,28H,1H3,(H,25,29)(H,30,31,32);. The number of phenols is 1. The normalized spacial score (nSPS) is 11.3. The number of fused-ring (bicyclic) bond motifs is 1. The Bertz CT molecular complexity index is 1520. The molecule has 0 saturated carbocycles. The number of para-hydroxylation sites is 2. The fraction of sp³-hybridized carbons (Fsp3) is 0.0417. The molecule has 0 spiro atoms. The molecule has 4 rings (SSSR count). The second-order valence-electron chi connectivity index (χ2n) is 7.17. The first-order chi connectivity index (χ1) is 16.3. The van der Waals surface area contributed by atoms with Gasteiger partial charge >= 0.3 is 0 Å². The van der Waals surface area contributed by atoms with Crippen molar-refractivity contribution in [3.8, 4) is 11.5 Å². The number of nitrogens with one attached hydrogen (secondary N) is 1. The summed E-state index contributed by atoms with van der Waals surface area (Å²) in [6.07, 6.45) is 0. The Balaban J connectivity index is 0.00000342. The van der Waals surface area contributed by atoms with Gasteiger partial charge in [0.25, 0.3) is 16.0 Å². The van der Waals surface area contributed by atoms with Crippen molar-refractivity contribution >= 4 is 73.4 Å². The molecule has 0 fully saturated rings. The third kappa shape index (κ3) is 5.87. The number of phenolic OH excluding ortho intramolecular Hbond substituents is 1. The third-order valence-corrected chi connectivity index (χ3v) is 5.86. The number of hydrogen-bond donors (Lipinski definition) is 3. The summed E-state index contributed by atoms with van der Waals surface area (Å²) in [7, 11) is -2.85. The summed E-state index contributed by atoms with van der Waals surface area (Å²) >= 11 is 0. The number of aromatic hydroxyl groups is 1. The molecule has 3 N–H and O–H groups in total. The van der Waals surface area contributed by atoms with E-state index in [1.54, 1.807) is 54.6 Å². The molecule has 0 aliphatic rings. The first-order valence-electron chi connectivity index (χ1n) is 9.96. The minimum atomic E-state index is -4.33. The Morgan fingerprint density at radius 2 is 1.60 bits per heavy atom. The summed E-state index contributed by atoms with van der Waals surface area (Å²) in [5.74, 6) is -0.476. The molecule has 173 valence electrons.